The monoisotopic (exact) mass is 269 g/mol. The Morgan fingerprint density at radius 1 is 1.33 bits per heavy atom. The molecule has 1 atom stereocenters. The van der Waals surface area contributed by atoms with E-state index < -0.39 is 0 Å². The highest BCUT2D eigenvalue weighted by Gasteiger charge is 2.16. The summed E-state index contributed by atoms with van der Waals surface area (Å²) in [7, 11) is 0. The van der Waals surface area contributed by atoms with Crippen molar-refractivity contribution in [2.45, 2.75) is 39.2 Å². The SMILES string of the molecule is CCOCC(CNC(C)(C)C)c1cccc(Cl)c1. The number of benzene rings is 1. The molecule has 0 heterocycles. The van der Waals surface area contributed by atoms with Crippen molar-refractivity contribution in [3.63, 3.8) is 0 Å². The first-order chi connectivity index (χ1) is 8.42. The summed E-state index contributed by atoms with van der Waals surface area (Å²) >= 11 is 6.05. The van der Waals surface area contributed by atoms with Gasteiger partial charge in [-0.15, -0.1) is 0 Å². The largest absolute Gasteiger partial charge is 0.381 e. The summed E-state index contributed by atoms with van der Waals surface area (Å²) in [5.41, 5.74) is 1.34. The van der Waals surface area contributed by atoms with Gasteiger partial charge in [0, 0.05) is 29.6 Å². The fourth-order valence-corrected chi connectivity index (χ4v) is 1.92. The summed E-state index contributed by atoms with van der Waals surface area (Å²) in [5, 5.41) is 4.31. The molecule has 0 bridgehead atoms. The van der Waals surface area contributed by atoms with Crippen molar-refractivity contribution in [1.29, 1.82) is 0 Å². The highest BCUT2D eigenvalue weighted by molar-refractivity contribution is 6.30. The Labute approximate surface area is 116 Å². The predicted octanol–water partition coefficient (Wildman–Crippen LogP) is 3.85. The topological polar surface area (TPSA) is 21.3 Å². The third-order valence-corrected chi connectivity index (χ3v) is 2.96. The number of hydrogen-bond donors (Lipinski definition) is 1. The lowest BCUT2D eigenvalue weighted by Crippen LogP contribution is -2.39. The van der Waals surface area contributed by atoms with Crippen molar-refractivity contribution in [2.24, 2.45) is 0 Å². The van der Waals surface area contributed by atoms with E-state index in [1.165, 1.54) is 5.56 Å². The summed E-state index contributed by atoms with van der Waals surface area (Å²) < 4.78 is 5.57. The Balaban J connectivity index is 2.71. The van der Waals surface area contributed by atoms with E-state index in [0.29, 0.717) is 5.92 Å². The number of rotatable bonds is 6. The van der Waals surface area contributed by atoms with Crippen molar-refractivity contribution in [3.05, 3.63) is 34.9 Å². The van der Waals surface area contributed by atoms with E-state index in [4.69, 9.17) is 16.3 Å². The Kier molecular flexibility index (Phi) is 6.13. The van der Waals surface area contributed by atoms with Gasteiger partial charge in [-0.2, -0.15) is 0 Å². The Morgan fingerprint density at radius 3 is 2.61 bits per heavy atom. The highest BCUT2D eigenvalue weighted by atomic mass is 35.5. The minimum Gasteiger partial charge on any atom is -0.381 e. The molecule has 0 aromatic heterocycles. The molecule has 1 rings (SSSR count). The third kappa shape index (κ3) is 5.85. The molecule has 0 saturated heterocycles. The van der Waals surface area contributed by atoms with Gasteiger partial charge < -0.3 is 10.1 Å². The third-order valence-electron chi connectivity index (χ3n) is 2.72. The van der Waals surface area contributed by atoms with Gasteiger partial charge in [0.2, 0.25) is 0 Å². The van der Waals surface area contributed by atoms with Crippen LogP contribution in [0.1, 0.15) is 39.2 Å². The first kappa shape index (κ1) is 15.5. The van der Waals surface area contributed by atoms with E-state index in [0.717, 1.165) is 24.8 Å². The molecule has 0 aliphatic heterocycles. The molecule has 1 aromatic carbocycles. The normalized spacial score (nSPS) is 13.6. The first-order valence-corrected chi connectivity index (χ1v) is 6.88. The maximum absolute atomic E-state index is 6.05. The van der Waals surface area contributed by atoms with E-state index in [2.05, 4.69) is 32.2 Å². The van der Waals surface area contributed by atoms with E-state index in [1.54, 1.807) is 0 Å². The average molecular weight is 270 g/mol. The molecule has 0 spiro atoms. The minimum absolute atomic E-state index is 0.114. The second-order valence-electron chi connectivity index (χ2n) is 5.54. The van der Waals surface area contributed by atoms with Crippen molar-refractivity contribution in [3.8, 4) is 0 Å². The highest BCUT2D eigenvalue weighted by Crippen LogP contribution is 2.20. The summed E-state index contributed by atoms with van der Waals surface area (Å²) in [6.07, 6.45) is 0. The van der Waals surface area contributed by atoms with Crippen LogP contribution >= 0.6 is 11.6 Å². The smallest absolute Gasteiger partial charge is 0.0546 e. The molecule has 1 N–H and O–H groups in total. The molecule has 0 amide bonds. The zero-order valence-corrected chi connectivity index (χ0v) is 12.6. The molecule has 102 valence electrons. The standard InChI is InChI=1S/C15H24ClNO/c1-5-18-11-13(10-17-15(2,3)4)12-7-6-8-14(16)9-12/h6-9,13,17H,5,10-11H2,1-4H3. The molecule has 0 radical (unpaired) electrons. The lowest BCUT2D eigenvalue weighted by atomic mass is 9.98. The van der Waals surface area contributed by atoms with Crippen LogP contribution in [-0.2, 0) is 4.74 Å². The van der Waals surface area contributed by atoms with Crippen LogP contribution in [0.4, 0.5) is 0 Å². The molecule has 3 heteroatoms. The van der Waals surface area contributed by atoms with Gasteiger partial charge in [0.15, 0.2) is 0 Å². The molecule has 0 saturated carbocycles. The average Bonchev–Trinajstić information content (AvgIpc) is 2.28. The van der Waals surface area contributed by atoms with E-state index in [-0.39, 0.29) is 5.54 Å². The van der Waals surface area contributed by atoms with Crippen LogP contribution in [0.3, 0.4) is 0 Å². The molecule has 1 unspecified atom stereocenters. The van der Waals surface area contributed by atoms with Gasteiger partial charge in [-0.3, -0.25) is 0 Å². The summed E-state index contributed by atoms with van der Waals surface area (Å²) in [6.45, 7) is 10.9. The molecule has 0 aliphatic rings. The van der Waals surface area contributed by atoms with E-state index in [1.807, 2.05) is 25.1 Å². The molecule has 1 aromatic rings. The Bertz CT molecular complexity index is 360. The van der Waals surface area contributed by atoms with Gasteiger partial charge in [-0.25, -0.2) is 0 Å². The van der Waals surface area contributed by atoms with E-state index >= 15 is 0 Å². The molecule has 18 heavy (non-hydrogen) atoms. The van der Waals surface area contributed by atoms with E-state index in [9.17, 15) is 0 Å². The zero-order valence-electron chi connectivity index (χ0n) is 11.8. The van der Waals surface area contributed by atoms with Crippen LogP contribution < -0.4 is 5.32 Å². The van der Waals surface area contributed by atoms with Gasteiger partial charge in [0.05, 0.1) is 6.61 Å². The molecular weight excluding hydrogens is 246 g/mol. The molecule has 0 aliphatic carbocycles. The fourth-order valence-electron chi connectivity index (χ4n) is 1.72. The number of ether oxygens (including phenoxy) is 1. The predicted molar refractivity (Wildman–Crippen MR) is 78.4 cm³/mol. The second kappa shape index (κ2) is 7.13. The van der Waals surface area contributed by atoms with Crippen molar-refractivity contribution < 1.29 is 4.74 Å². The van der Waals surface area contributed by atoms with Gasteiger partial charge >= 0.3 is 0 Å². The Hall–Kier alpha value is -0.570. The summed E-state index contributed by atoms with van der Waals surface area (Å²) in [4.78, 5) is 0. The van der Waals surface area contributed by atoms with Crippen LogP contribution in [0.5, 0.6) is 0 Å². The van der Waals surface area contributed by atoms with Crippen molar-refractivity contribution in [1.82, 2.24) is 5.32 Å². The van der Waals surface area contributed by atoms with Crippen LogP contribution in [-0.4, -0.2) is 25.3 Å². The fraction of sp³-hybridized carbons (Fsp3) is 0.600. The lowest BCUT2D eigenvalue weighted by Gasteiger charge is -2.25. The van der Waals surface area contributed by atoms with Crippen LogP contribution in [0.25, 0.3) is 0 Å². The second-order valence-corrected chi connectivity index (χ2v) is 5.98. The molecule has 2 nitrogen and oxygen atoms in total. The number of halogens is 1. The van der Waals surface area contributed by atoms with Gasteiger partial charge in [-0.05, 0) is 45.4 Å². The molecular formula is C15H24ClNO. The van der Waals surface area contributed by atoms with Gasteiger partial charge in [-0.1, -0.05) is 23.7 Å². The first-order valence-electron chi connectivity index (χ1n) is 6.50. The van der Waals surface area contributed by atoms with Crippen molar-refractivity contribution >= 4 is 11.6 Å². The van der Waals surface area contributed by atoms with Crippen LogP contribution in [0.15, 0.2) is 24.3 Å². The summed E-state index contributed by atoms with van der Waals surface area (Å²) in [6, 6.07) is 8.03. The maximum atomic E-state index is 6.05. The van der Waals surface area contributed by atoms with Crippen molar-refractivity contribution in [2.75, 3.05) is 19.8 Å². The summed E-state index contributed by atoms with van der Waals surface area (Å²) in [5.74, 6) is 0.336. The number of nitrogens with one attached hydrogen (secondary N) is 1. The lowest BCUT2D eigenvalue weighted by molar-refractivity contribution is 0.129. The minimum atomic E-state index is 0.114. The Morgan fingerprint density at radius 2 is 2.06 bits per heavy atom. The van der Waals surface area contributed by atoms with Crippen LogP contribution in [0, 0.1) is 0 Å². The number of hydrogen-bond acceptors (Lipinski definition) is 2. The van der Waals surface area contributed by atoms with Gasteiger partial charge in [0.25, 0.3) is 0 Å². The van der Waals surface area contributed by atoms with Gasteiger partial charge in [0.1, 0.15) is 0 Å². The zero-order chi connectivity index (χ0) is 13.6. The quantitative estimate of drug-likeness (QED) is 0.847. The van der Waals surface area contributed by atoms with Crippen LogP contribution in [0.2, 0.25) is 5.02 Å². The molecule has 0 fully saturated rings. The maximum Gasteiger partial charge on any atom is 0.0546 e.